The number of fused-ring (bicyclic) bond motifs is 4. The van der Waals surface area contributed by atoms with Crippen LogP contribution in [0, 0.1) is 0 Å². The van der Waals surface area contributed by atoms with Crippen molar-refractivity contribution < 1.29 is 14.7 Å². The number of hydrogen-bond donors (Lipinski definition) is 2. The fourth-order valence-electron chi connectivity index (χ4n) is 3.81. The van der Waals surface area contributed by atoms with Gasteiger partial charge in [0.1, 0.15) is 5.75 Å². The molecule has 27 heavy (non-hydrogen) atoms. The van der Waals surface area contributed by atoms with Gasteiger partial charge in [0.25, 0.3) is 0 Å². The average Bonchev–Trinajstić information content (AvgIpc) is 3.01. The molecule has 0 amide bonds. The molecule has 0 aliphatic heterocycles. The Hall–Kier alpha value is -3.28. The van der Waals surface area contributed by atoms with E-state index in [4.69, 9.17) is 14.7 Å². The number of para-hydroxylation sites is 1. The zero-order chi connectivity index (χ0) is 18.4. The minimum absolute atomic E-state index is 0.415. The van der Waals surface area contributed by atoms with Gasteiger partial charge in [-0.1, -0.05) is 54.6 Å². The second kappa shape index (κ2) is 6.16. The van der Waals surface area contributed by atoms with Gasteiger partial charge in [-0.15, -0.1) is 0 Å². The predicted molar refractivity (Wildman–Crippen MR) is 109 cm³/mol. The largest absolute Gasteiger partial charge is 0.707 e. The molecule has 0 spiro atoms. The van der Waals surface area contributed by atoms with Crippen LogP contribution < -0.4 is 4.65 Å². The Balaban J connectivity index is 1.88. The number of rotatable bonds is 3. The molecule has 0 saturated heterocycles. The van der Waals surface area contributed by atoms with Crippen LogP contribution in [0.3, 0.4) is 0 Å². The van der Waals surface area contributed by atoms with Crippen molar-refractivity contribution in [2.75, 3.05) is 0 Å². The molecule has 0 saturated carbocycles. The molecule has 0 fully saturated rings. The van der Waals surface area contributed by atoms with Crippen molar-refractivity contribution >= 4 is 39.9 Å². The standard InChI is InChI=1S/C22H16BNO3/c25-23(26)27-16-12-13-22-19(14-16)18-9-3-4-10-21(18)24(22)20-11-5-7-15-6-1-2-8-17(15)20/h1-14,25-26H. The van der Waals surface area contributed by atoms with Crippen molar-refractivity contribution in [3.8, 4) is 11.4 Å². The van der Waals surface area contributed by atoms with E-state index >= 15 is 0 Å². The number of hydrogen-bond acceptors (Lipinski definition) is 3. The van der Waals surface area contributed by atoms with Gasteiger partial charge in [-0.2, -0.15) is 0 Å². The SMILES string of the molecule is OB(O)Oc1ccc2c(c1)c1ccccc1n2-c1cccc2ccccc12. The molecule has 5 rings (SSSR count). The van der Waals surface area contributed by atoms with E-state index in [2.05, 4.69) is 47.0 Å². The van der Waals surface area contributed by atoms with E-state index < -0.39 is 7.32 Å². The molecule has 1 aromatic heterocycles. The average molecular weight is 353 g/mol. The highest BCUT2D eigenvalue weighted by Crippen LogP contribution is 2.36. The smallest absolute Gasteiger partial charge is 0.512 e. The molecule has 130 valence electrons. The third-order valence-electron chi connectivity index (χ3n) is 4.89. The molecular weight excluding hydrogens is 337 g/mol. The van der Waals surface area contributed by atoms with Gasteiger partial charge in [0.15, 0.2) is 0 Å². The van der Waals surface area contributed by atoms with Crippen molar-refractivity contribution in [1.82, 2.24) is 4.57 Å². The molecular formula is C22H16BNO3. The molecule has 0 bridgehead atoms. The van der Waals surface area contributed by atoms with E-state index in [9.17, 15) is 0 Å². The lowest BCUT2D eigenvalue weighted by molar-refractivity contribution is 0.288. The third-order valence-corrected chi connectivity index (χ3v) is 4.89. The Morgan fingerprint density at radius 2 is 1.37 bits per heavy atom. The highest BCUT2D eigenvalue weighted by Gasteiger charge is 2.16. The minimum atomic E-state index is -1.84. The molecule has 2 N–H and O–H groups in total. The van der Waals surface area contributed by atoms with Crippen molar-refractivity contribution in [3.05, 3.63) is 84.9 Å². The lowest BCUT2D eigenvalue weighted by atomic mass is 10.1. The van der Waals surface area contributed by atoms with E-state index in [0.29, 0.717) is 5.75 Å². The Labute approximate surface area is 156 Å². The lowest BCUT2D eigenvalue weighted by Crippen LogP contribution is -2.20. The first-order chi connectivity index (χ1) is 13.2. The highest BCUT2D eigenvalue weighted by molar-refractivity contribution is 6.33. The van der Waals surface area contributed by atoms with Gasteiger partial charge in [0, 0.05) is 16.2 Å². The fourth-order valence-corrected chi connectivity index (χ4v) is 3.81. The second-order valence-electron chi connectivity index (χ2n) is 6.47. The van der Waals surface area contributed by atoms with Crippen LogP contribution in [0.15, 0.2) is 84.9 Å². The minimum Gasteiger partial charge on any atom is -0.512 e. The summed E-state index contributed by atoms with van der Waals surface area (Å²) in [5.74, 6) is 0.415. The molecule has 0 aliphatic carbocycles. The van der Waals surface area contributed by atoms with Crippen molar-refractivity contribution in [2.24, 2.45) is 0 Å². The fraction of sp³-hybridized carbons (Fsp3) is 0. The van der Waals surface area contributed by atoms with Crippen molar-refractivity contribution in [2.45, 2.75) is 0 Å². The summed E-state index contributed by atoms with van der Waals surface area (Å²) in [5.41, 5.74) is 3.23. The first-order valence-corrected chi connectivity index (χ1v) is 8.76. The number of aromatic nitrogens is 1. The summed E-state index contributed by atoms with van der Waals surface area (Å²) >= 11 is 0. The Kier molecular flexibility index (Phi) is 3.64. The van der Waals surface area contributed by atoms with E-state index in [1.807, 2.05) is 36.4 Å². The molecule has 0 atom stereocenters. The highest BCUT2D eigenvalue weighted by atomic mass is 16.6. The van der Waals surface area contributed by atoms with Gasteiger partial charge < -0.3 is 19.3 Å². The van der Waals surface area contributed by atoms with Crippen molar-refractivity contribution in [1.29, 1.82) is 0 Å². The van der Waals surface area contributed by atoms with Gasteiger partial charge in [0.2, 0.25) is 0 Å². The predicted octanol–water partition coefficient (Wildman–Crippen LogP) is 4.29. The molecule has 5 heteroatoms. The first-order valence-electron chi connectivity index (χ1n) is 8.76. The molecule has 0 aliphatic rings. The Morgan fingerprint density at radius 1 is 0.667 bits per heavy atom. The van der Waals surface area contributed by atoms with Crippen LogP contribution in [0.25, 0.3) is 38.3 Å². The summed E-state index contributed by atoms with van der Waals surface area (Å²) in [6.07, 6.45) is 0. The van der Waals surface area contributed by atoms with Crippen LogP contribution in [-0.2, 0) is 0 Å². The van der Waals surface area contributed by atoms with Crippen LogP contribution in [0.4, 0.5) is 0 Å². The summed E-state index contributed by atoms with van der Waals surface area (Å²) < 4.78 is 7.30. The van der Waals surface area contributed by atoms with E-state index in [-0.39, 0.29) is 0 Å². The van der Waals surface area contributed by atoms with Crippen LogP contribution in [0.2, 0.25) is 0 Å². The van der Waals surface area contributed by atoms with E-state index in [1.54, 1.807) is 6.07 Å². The van der Waals surface area contributed by atoms with Crippen LogP contribution in [0.5, 0.6) is 5.75 Å². The number of nitrogens with zero attached hydrogens (tertiary/aromatic N) is 1. The molecule has 5 aromatic rings. The zero-order valence-corrected chi connectivity index (χ0v) is 14.4. The third kappa shape index (κ3) is 2.56. The summed E-state index contributed by atoms with van der Waals surface area (Å²) in [6, 6.07) is 28.4. The second-order valence-corrected chi connectivity index (χ2v) is 6.47. The molecule has 4 aromatic carbocycles. The summed E-state index contributed by atoms with van der Waals surface area (Å²) in [4.78, 5) is 0. The van der Waals surface area contributed by atoms with Gasteiger partial charge >= 0.3 is 7.32 Å². The maximum absolute atomic E-state index is 9.12. The van der Waals surface area contributed by atoms with E-state index in [0.717, 1.165) is 27.5 Å². The number of benzene rings is 4. The Morgan fingerprint density at radius 3 is 2.22 bits per heavy atom. The Bertz CT molecular complexity index is 1290. The molecule has 1 heterocycles. The van der Waals surface area contributed by atoms with Crippen LogP contribution >= 0.6 is 0 Å². The normalized spacial score (nSPS) is 11.3. The lowest BCUT2D eigenvalue weighted by Gasteiger charge is -2.11. The van der Waals surface area contributed by atoms with Gasteiger partial charge in [-0.05, 0) is 35.7 Å². The van der Waals surface area contributed by atoms with E-state index in [1.165, 1.54) is 10.8 Å². The van der Waals surface area contributed by atoms with Crippen molar-refractivity contribution in [3.63, 3.8) is 0 Å². The first kappa shape index (κ1) is 15.9. The summed E-state index contributed by atoms with van der Waals surface area (Å²) in [7, 11) is -1.84. The zero-order valence-electron chi connectivity index (χ0n) is 14.4. The van der Waals surface area contributed by atoms with Gasteiger partial charge in [-0.3, -0.25) is 0 Å². The maximum Gasteiger partial charge on any atom is 0.707 e. The maximum atomic E-state index is 9.12. The van der Waals surface area contributed by atoms with Crippen LogP contribution in [-0.4, -0.2) is 21.9 Å². The van der Waals surface area contributed by atoms with Crippen LogP contribution in [0.1, 0.15) is 0 Å². The topological polar surface area (TPSA) is 54.6 Å². The quantitative estimate of drug-likeness (QED) is 0.476. The van der Waals surface area contributed by atoms with Gasteiger partial charge in [-0.25, -0.2) is 0 Å². The molecule has 0 radical (unpaired) electrons. The van der Waals surface area contributed by atoms with Gasteiger partial charge in [0.05, 0.1) is 16.7 Å². The summed E-state index contributed by atoms with van der Waals surface area (Å²) in [5, 5.41) is 22.7. The summed E-state index contributed by atoms with van der Waals surface area (Å²) in [6.45, 7) is 0. The monoisotopic (exact) mass is 353 g/mol. The molecule has 4 nitrogen and oxygen atoms in total. The molecule has 0 unspecified atom stereocenters.